The van der Waals surface area contributed by atoms with E-state index in [4.69, 9.17) is 15.6 Å². The van der Waals surface area contributed by atoms with Crippen LogP contribution in [0.15, 0.2) is 18.2 Å². The highest BCUT2D eigenvalue weighted by Crippen LogP contribution is 2.26. The van der Waals surface area contributed by atoms with Crippen LogP contribution in [0, 0.1) is 5.92 Å². The van der Waals surface area contributed by atoms with E-state index < -0.39 is 5.97 Å². The number of nitrogen functional groups attached to an aromatic ring is 1. The summed E-state index contributed by atoms with van der Waals surface area (Å²) in [5.41, 5.74) is 6.18. The molecule has 1 atom stereocenters. The zero-order valence-electron chi connectivity index (χ0n) is 9.56. The van der Waals surface area contributed by atoms with Crippen LogP contribution < -0.4 is 10.5 Å². The van der Waals surface area contributed by atoms with Crippen LogP contribution in [0.2, 0.25) is 0 Å². The van der Waals surface area contributed by atoms with Gasteiger partial charge in [0, 0.05) is 0 Å². The van der Waals surface area contributed by atoms with Gasteiger partial charge in [-0.25, -0.2) is 4.79 Å². The molecule has 0 aromatic heterocycles. The van der Waals surface area contributed by atoms with Crippen LogP contribution in [0.1, 0.15) is 30.6 Å². The predicted molar refractivity (Wildman–Crippen MR) is 62.8 cm³/mol. The van der Waals surface area contributed by atoms with Crippen molar-refractivity contribution < 1.29 is 14.6 Å². The third kappa shape index (κ3) is 2.89. The van der Waals surface area contributed by atoms with Crippen molar-refractivity contribution in [2.45, 2.75) is 20.3 Å². The highest BCUT2D eigenvalue weighted by atomic mass is 16.5. The lowest BCUT2D eigenvalue weighted by molar-refractivity contribution is 0.0691. The molecule has 0 bridgehead atoms. The first-order valence-corrected chi connectivity index (χ1v) is 5.30. The Bertz CT molecular complexity index is 377. The number of para-hydroxylation sites is 1. The van der Waals surface area contributed by atoms with Gasteiger partial charge in [0.05, 0.1) is 12.3 Å². The largest absolute Gasteiger partial charge is 0.490 e. The van der Waals surface area contributed by atoms with Crippen LogP contribution in [0.3, 0.4) is 0 Å². The van der Waals surface area contributed by atoms with Crippen molar-refractivity contribution in [2.75, 3.05) is 12.3 Å². The van der Waals surface area contributed by atoms with Gasteiger partial charge in [0.25, 0.3) is 0 Å². The number of ether oxygens (including phenoxy) is 1. The third-order valence-corrected chi connectivity index (χ3v) is 2.49. The molecule has 0 aliphatic carbocycles. The molecule has 0 saturated heterocycles. The number of carboxylic acid groups (broad SMARTS) is 1. The fraction of sp³-hybridized carbons (Fsp3) is 0.417. The second-order valence-corrected chi connectivity index (χ2v) is 3.85. The monoisotopic (exact) mass is 223 g/mol. The van der Waals surface area contributed by atoms with Crippen molar-refractivity contribution in [1.82, 2.24) is 0 Å². The topological polar surface area (TPSA) is 72.5 Å². The molecule has 4 heteroatoms. The highest BCUT2D eigenvalue weighted by molar-refractivity contribution is 5.93. The summed E-state index contributed by atoms with van der Waals surface area (Å²) in [4.78, 5) is 11.0. The number of carbonyl (C=O) groups is 1. The van der Waals surface area contributed by atoms with E-state index in [0.717, 1.165) is 6.42 Å². The number of nitrogens with two attached hydrogens (primary N) is 1. The van der Waals surface area contributed by atoms with Gasteiger partial charge in [-0.2, -0.15) is 0 Å². The van der Waals surface area contributed by atoms with Gasteiger partial charge >= 0.3 is 5.97 Å². The first-order valence-electron chi connectivity index (χ1n) is 5.30. The normalized spacial score (nSPS) is 12.1. The summed E-state index contributed by atoms with van der Waals surface area (Å²) in [6, 6.07) is 4.73. The number of hydrogen-bond acceptors (Lipinski definition) is 3. The Morgan fingerprint density at radius 2 is 2.25 bits per heavy atom. The molecule has 1 aromatic carbocycles. The molecule has 0 aliphatic heterocycles. The Morgan fingerprint density at radius 1 is 1.56 bits per heavy atom. The van der Waals surface area contributed by atoms with E-state index in [0.29, 0.717) is 18.2 Å². The van der Waals surface area contributed by atoms with Crippen molar-refractivity contribution in [3.8, 4) is 5.75 Å². The first kappa shape index (κ1) is 12.4. The van der Waals surface area contributed by atoms with Crippen molar-refractivity contribution in [2.24, 2.45) is 5.92 Å². The third-order valence-electron chi connectivity index (χ3n) is 2.49. The summed E-state index contributed by atoms with van der Waals surface area (Å²) in [5.74, 6) is -0.372. The van der Waals surface area contributed by atoms with Crippen LogP contribution in [0.25, 0.3) is 0 Å². The van der Waals surface area contributed by atoms with Gasteiger partial charge in [0.2, 0.25) is 0 Å². The fourth-order valence-corrected chi connectivity index (χ4v) is 1.23. The van der Waals surface area contributed by atoms with Gasteiger partial charge < -0.3 is 15.6 Å². The molecule has 4 nitrogen and oxygen atoms in total. The standard InChI is InChI=1S/C12H17NO3/c1-3-8(2)7-16-11-9(12(14)15)5-4-6-10(11)13/h4-6,8H,3,7,13H2,1-2H3,(H,14,15). The second kappa shape index (κ2) is 5.39. The molecule has 88 valence electrons. The van der Waals surface area contributed by atoms with Crippen LogP contribution in [0.4, 0.5) is 5.69 Å². The maximum absolute atomic E-state index is 11.0. The van der Waals surface area contributed by atoms with Gasteiger partial charge in [-0.1, -0.05) is 26.3 Å². The average Bonchev–Trinajstić information content (AvgIpc) is 2.26. The van der Waals surface area contributed by atoms with Gasteiger partial charge in [0.15, 0.2) is 5.75 Å². The highest BCUT2D eigenvalue weighted by Gasteiger charge is 2.14. The average molecular weight is 223 g/mol. The summed E-state index contributed by atoms with van der Waals surface area (Å²) in [6.07, 6.45) is 0.981. The number of benzene rings is 1. The van der Waals surface area contributed by atoms with E-state index in [9.17, 15) is 4.79 Å². The number of hydrogen-bond donors (Lipinski definition) is 2. The minimum Gasteiger partial charge on any atom is -0.490 e. The summed E-state index contributed by atoms with van der Waals surface area (Å²) in [7, 11) is 0. The molecule has 0 aliphatic rings. The smallest absolute Gasteiger partial charge is 0.339 e. The fourth-order valence-electron chi connectivity index (χ4n) is 1.23. The minimum absolute atomic E-state index is 0.114. The maximum Gasteiger partial charge on any atom is 0.339 e. The van der Waals surface area contributed by atoms with E-state index >= 15 is 0 Å². The number of anilines is 1. The maximum atomic E-state index is 11.0. The van der Waals surface area contributed by atoms with Gasteiger partial charge in [0.1, 0.15) is 5.56 Å². The number of aromatic carboxylic acids is 1. The van der Waals surface area contributed by atoms with Crippen molar-refractivity contribution in [3.63, 3.8) is 0 Å². The molecule has 0 saturated carbocycles. The van der Waals surface area contributed by atoms with Gasteiger partial charge in [-0.05, 0) is 18.1 Å². The van der Waals surface area contributed by atoms with E-state index in [-0.39, 0.29) is 11.3 Å². The molecular formula is C12H17NO3. The van der Waals surface area contributed by atoms with Crippen molar-refractivity contribution >= 4 is 11.7 Å². The van der Waals surface area contributed by atoms with Crippen LogP contribution in [-0.4, -0.2) is 17.7 Å². The molecule has 1 rings (SSSR count). The van der Waals surface area contributed by atoms with Gasteiger partial charge in [-0.15, -0.1) is 0 Å². The Labute approximate surface area is 95.0 Å². The lowest BCUT2D eigenvalue weighted by atomic mass is 10.1. The molecule has 1 unspecified atom stereocenters. The van der Waals surface area contributed by atoms with Crippen LogP contribution >= 0.6 is 0 Å². The van der Waals surface area contributed by atoms with Crippen LogP contribution in [-0.2, 0) is 0 Å². The summed E-state index contributed by atoms with van der Waals surface area (Å²) >= 11 is 0. The van der Waals surface area contributed by atoms with Crippen LogP contribution in [0.5, 0.6) is 5.75 Å². The minimum atomic E-state index is -1.02. The molecule has 0 amide bonds. The number of carboxylic acids is 1. The Morgan fingerprint density at radius 3 is 2.81 bits per heavy atom. The Kier molecular flexibility index (Phi) is 4.17. The molecule has 0 fully saturated rings. The Hall–Kier alpha value is -1.71. The molecule has 0 heterocycles. The molecule has 3 N–H and O–H groups in total. The quantitative estimate of drug-likeness (QED) is 0.752. The van der Waals surface area contributed by atoms with Gasteiger partial charge in [-0.3, -0.25) is 0 Å². The van der Waals surface area contributed by atoms with E-state index in [1.165, 1.54) is 6.07 Å². The molecule has 0 radical (unpaired) electrons. The summed E-state index contributed by atoms with van der Waals surface area (Å²) < 4.78 is 5.48. The molecule has 0 spiro atoms. The predicted octanol–water partition coefficient (Wildman–Crippen LogP) is 2.39. The zero-order chi connectivity index (χ0) is 12.1. The SMILES string of the molecule is CCC(C)COc1c(N)cccc1C(=O)O. The van der Waals surface area contributed by atoms with Crippen molar-refractivity contribution in [3.05, 3.63) is 23.8 Å². The molecule has 1 aromatic rings. The number of rotatable bonds is 5. The zero-order valence-corrected chi connectivity index (χ0v) is 9.56. The van der Waals surface area contributed by atoms with E-state index in [1.807, 2.05) is 6.92 Å². The lowest BCUT2D eigenvalue weighted by Crippen LogP contribution is -2.11. The van der Waals surface area contributed by atoms with Crippen molar-refractivity contribution in [1.29, 1.82) is 0 Å². The van der Waals surface area contributed by atoms with E-state index in [1.54, 1.807) is 12.1 Å². The lowest BCUT2D eigenvalue weighted by Gasteiger charge is -2.14. The molecular weight excluding hydrogens is 206 g/mol. The summed E-state index contributed by atoms with van der Waals surface area (Å²) in [6.45, 7) is 4.57. The van der Waals surface area contributed by atoms with E-state index in [2.05, 4.69) is 6.92 Å². The second-order valence-electron chi connectivity index (χ2n) is 3.85. The summed E-state index contributed by atoms with van der Waals surface area (Å²) in [5, 5.41) is 8.98. The first-order chi connectivity index (χ1) is 7.56. The molecule has 16 heavy (non-hydrogen) atoms. The Balaban J connectivity index is 2.88.